The largest absolute Gasteiger partial charge is 0.493 e. The van der Waals surface area contributed by atoms with Crippen LogP contribution in [0.15, 0.2) is 22.7 Å². The number of nitrogens with two attached hydrogens (primary N) is 1. The van der Waals surface area contributed by atoms with Crippen molar-refractivity contribution in [3.8, 4) is 17.1 Å². The Morgan fingerprint density at radius 1 is 1.03 bits per heavy atom. The van der Waals surface area contributed by atoms with E-state index in [2.05, 4.69) is 17.1 Å². The lowest BCUT2D eigenvalue weighted by Crippen LogP contribution is -2.18. The summed E-state index contributed by atoms with van der Waals surface area (Å²) >= 11 is 0. The second-order valence-corrected chi connectivity index (χ2v) is 9.86. The summed E-state index contributed by atoms with van der Waals surface area (Å²) in [5.41, 5.74) is 4.27. The van der Waals surface area contributed by atoms with Crippen molar-refractivity contribution in [3.63, 3.8) is 0 Å². The lowest BCUT2D eigenvalue weighted by molar-refractivity contribution is -0.138. The number of halogens is 5. The van der Waals surface area contributed by atoms with Crippen LogP contribution in [0, 0.1) is 11.3 Å². The first-order chi connectivity index (χ1) is 18.3. The molecule has 0 amide bonds. The van der Waals surface area contributed by atoms with E-state index in [1.807, 2.05) is 13.8 Å². The Hall–Kier alpha value is -2.72. The van der Waals surface area contributed by atoms with E-state index in [0.717, 1.165) is 44.6 Å². The first-order valence-electron chi connectivity index (χ1n) is 13.6. The molecule has 222 valence electrons. The lowest BCUT2D eigenvalue weighted by Gasteiger charge is -2.16. The molecule has 0 bridgehead atoms. The highest BCUT2D eigenvalue weighted by Crippen LogP contribution is 2.39. The van der Waals surface area contributed by atoms with Gasteiger partial charge in [0.25, 0.3) is 0 Å². The van der Waals surface area contributed by atoms with Crippen molar-refractivity contribution >= 4 is 5.84 Å². The highest BCUT2D eigenvalue weighted by Gasteiger charge is 2.35. The smallest absolute Gasteiger partial charge is 0.419 e. The van der Waals surface area contributed by atoms with E-state index in [4.69, 9.17) is 20.4 Å². The highest BCUT2D eigenvalue weighted by molar-refractivity contribution is 5.79. The Morgan fingerprint density at radius 3 is 2.21 bits per heavy atom. The van der Waals surface area contributed by atoms with Crippen LogP contribution in [0.1, 0.15) is 110 Å². The first kappa shape index (κ1) is 34.3. The van der Waals surface area contributed by atoms with Gasteiger partial charge in [0.1, 0.15) is 5.75 Å². The molecule has 0 saturated carbocycles. The van der Waals surface area contributed by atoms with Crippen molar-refractivity contribution in [2.45, 2.75) is 110 Å². The summed E-state index contributed by atoms with van der Waals surface area (Å²) in [6.45, 7) is 9.17. The van der Waals surface area contributed by atoms with E-state index in [1.54, 1.807) is 0 Å². The molecule has 0 aliphatic heterocycles. The van der Waals surface area contributed by atoms with E-state index in [0.29, 0.717) is 12.3 Å². The summed E-state index contributed by atoms with van der Waals surface area (Å²) < 4.78 is 78.5. The number of alkyl halides is 5. The van der Waals surface area contributed by atoms with Gasteiger partial charge in [-0.15, -0.1) is 0 Å². The molecule has 2 unspecified atom stereocenters. The third kappa shape index (κ3) is 12.3. The Kier molecular flexibility index (Phi) is 14.4. The predicted octanol–water partition coefficient (Wildman–Crippen LogP) is 9.00. The molecular weight excluding hydrogens is 519 g/mol. The van der Waals surface area contributed by atoms with E-state index < -0.39 is 30.0 Å². The molecule has 0 aliphatic rings. The van der Waals surface area contributed by atoms with Crippen molar-refractivity contribution in [2.75, 3.05) is 6.61 Å². The molecular formula is C28H43F5N4O2. The number of rotatable bonds is 15. The number of aromatic nitrogens is 2. The van der Waals surface area contributed by atoms with Crippen molar-refractivity contribution < 1.29 is 31.2 Å². The molecule has 1 heterocycles. The molecule has 2 rings (SSSR count). The van der Waals surface area contributed by atoms with Gasteiger partial charge in [-0.05, 0) is 31.0 Å². The molecule has 2 atom stereocenters. The number of benzene rings is 1. The number of hydrogen-bond donors (Lipinski definition) is 2. The third-order valence-electron chi connectivity index (χ3n) is 6.43. The molecule has 3 N–H and O–H groups in total. The average Bonchev–Trinajstić information content (AvgIpc) is 3.38. The predicted molar refractivity (Wildman–Crippen MR) is 143 cm³/mol. The van der Waals surface area contributed by atoms with Gasteiger partial charge in [0.05, 0.1) is 18.0 Å². The fraction of sp³-hybridized carbons (Fsp3) is 0.679. The summed E-state index contributed by atoms with van der Waals surface area (Å²) in [7, 11) is 0. The van der Waals surface area contributed by atoms with Gasteiger partial charge in [-0.3, -0.25) is 5.41 Å². The number of hydrogen-bond acceptors (Lipinski definition) is 5. The average molecular weight is 563 g/mol. The molecule has 1 aromatic carbocycles. The second kappa shape index (κ2) is 16.4. The standard InChI is InChI=1S/C23H31F5N2O2.C5H12N2/c1-4-6-7-8-9-10-13-31-19-12-11-17(14-18(19)23(26,27)28)20-29-21(32-30-20)16(3)15-22(24,25)5-2;1-3-4(2)5(6)7/h11-12,14,16H,4-10,13,15H2,1-3H3;4H,3H2,1-2H3,(H3,6,7). The molecule has 0 saturated heterocycles. The van der Waals surface area contributed by atoms with Crippen LogP contribution in [0.25, 0.3) is 11.4 Å². The lowest BCUT2D eigenvalue weighted by atomic mass is 10.0. The van der Waals surface area contributed by atoms with E-state index >= 15 is 0 Å². The zero-order valence-corrected chi connectivity index (χ0v) is 23.6. The van der Waals surface area contributed by atoms with Crippen LogP contribution in [-0.2, 0) is 6.18 Å². The zero-order chi connectivity index (χ0) is 29.6. The monoisotopic (exact) mass is 562 g/mol. The maximum absolute atomic E-state index is 13.6. The van der Waals surface area contributed by atoms with Gasteiger partial charge in [-0.1, -0.05) is 71.9 Å². The Labute approximate surface area is 228 Å². The van der Waals surface area contributed by atoms with Crippen LogP contribution in [-0.4, -0.2) is 28.5 Å². The van der Waals surface area contributed by atoms with E-state index in [9.17, 15) is 22.0 Å². The van der Waals surface area contributed by atoms with Gasteiger partial charge in [0.2, 0.25) is 17.6 Å². The third-order valence-corrected chi connectivity index (χ3v) is 6.43. The van der Waals surface area contributed by atoms with Crippen molar-refractivity contribution in [3.05, 3.63) is 29.7 Å². The molecule has 11 heteroatoms. The maximum Gasteiger partial charge on any atom is 0.419 e. The summed E-state index contributed by atoms with van der Waals surface area (Å²) in [5.74, 6) is -3.43. The molecule has 0 spiro atoms. The summed E-state index contributed by atoms with van der Waals surface area (Å²) in [6.07, 6.45) is 1.54. The van der Waals surface area contributed by atoms with Gasteiger partial charge < -0.3 is 15.0 Å². The van der Waals surface area contributed by atoms with Gasteiger partial charge in [0.15, 0.2) is 0 Å². The number of ether oxygens (including phenoxy) is 1. The molecule has 0 radical (unpaired) electrons. The zero-order valence-electron chi connectivity index (χ0n) is 23.6. The minimum atomic E-state index is -4.63. The van der Waals surface area contributed by atoms with E-state index in [-0.39, 0.29) is 42.0 Å². The number of unbranched alkanes of at least 4 members (excludes halogenated alkanes) is 5. The van der Waals surface area contributed by atoms with Gasteiger partial charge in [0, 0.05) is 30.2 Å². The SMILES string of the molecule is CCC(C)C(=N)N.CCCCCCCCOc1ccc(-c2noc(C(C)CC(F)(F)CC)n2)cc1C(F)(F)F. The normalized spacial score (nSPS) is 13.4. The summed E-state index contributed by atoms with van der Waals surface area (Å²) in [5, 5.41) is 10.6. The van der Waals surface area contributed by atoms with Crippen LogP contribution in [0.3, 0.4) is 0 Å². The fourth-order valence-electron chi connectivity index (χ4n) is 3.53. The van der Waals surface area contributed by atoms with Gasteiger partial charge >= 0.3 is 6.18 Å². The van der Waals surface area contributed by atoms with Crippen LogP contribution < -0.4 is 10.5 Å². The molecule has 0 fully saturated rings. The van der Waals surface area contributed by atoms with E-state index in [1.165, 1.54) is 26.0 Å². The van der Waals surface area contributed by atoms with Crippen LogP contribution >= 0.6 is 0 Å². The van der Waals surface area contributed by atoms with Crippen molar-refractivity contribution in [1.29, 1.82) is 5.41 Å². The quantitative estimate of drug-likeness (QED) is 0.0977. The van der Waals surface area contributed by atoms with Gasteiger partial charge in [-0.2, -0.15) is 18.2 Å². The maximum atomic E-state index is 13.6. The molecule has 39 heavy (non-hydrogen) atoms. The van der Waals surface area contributed by atoms with Gasteiger partial charge in [-0.25, -0.2) is 8.78 Å². The minimum absolute atomic E-state index is 0.0370. The Bertz CT molecular complexity index is 995. The summed E-state index contributed by atoms with van der Waals surface area (Å²) in [6, 6.07) is 3.54. The van der Waals surface area contributed by atoms with Crippen molar-refractivity contribution in [2.24, 2.45) is 11.7 Å². The van der Waals surface area contributed by atoms with Crippen LogP contribution in [0.5, 0.6) is 5.75 Å². The van der Waals surface area contributed by atoms with Crippen LogP contribution in [0.4, 0.5) is 22.0 Å². The number of nitrogens with one attached hydrogen (secondary N) is 1. The molecule has 6 nitrogen and oxygen atoms in total. The number of amidine groups is 1. The topological polar surface area (TPSA) is 98.0 Å². The second-order valence-electron chi connectivity index (χ2n) is 9.86. The minimum Gasteiger partial charge on any atom is -0.493 e. The fourth-order valence-corrected chi connectivity index (χ4v) is 3.53. The van der Waals surface area contributed by atoms with Crippen molar-refractivity contribution in [1.82, 2.24) is 10.1 Å². The highest BCUT2D eigenvalue weighted by atomic mass is 19.4. The molecule has 0 aliphatic carbocycles. The molecule has 2 aromatic rings. The first-order valence-corrected chi connectivity index (χ1v) is 13.6. The Morgan fingerprint density at radius 2 is 1.67 bits per heavy atom. The number of nitrogens with zero attached hydrogens (tertiary/aromatic N) is 2. The summed E-state index contributed by atoms with van der Waals surface area (Å²) in [4.78, 5) is 4.04. The molecule has 1 aromatic heterocycles. The van der Waals surface area contributed by atoms with Crippen LogP contribution in [0.2, 0.25) is 0 Å². The Balaban J connectivity index is 0.000000956.